The molecule has 0 fully saturated rings. The number of rotatable bonds is 4. The molecule has 20 heavy (non-hydrogen) atoms. The van der Waals surface area contributed by atoms with Crippen LogP contribution in [0.2, 0.25) is 0 Å². The SMILES string of the molecule is Cc1nc(C)c(C(C)Nc2ccc([N+](=O)[O-])c(C)n2)s1. The molecule has 0 saturated carbocycles. The summed E-state index contributed by atoms with van der Waals surface area (Å²) in [5.74, 6) is 0.631. The van der Waals surface area contributed by atoms with Gasteiger partial charge in [-0.25, -0.2) is 9.97 Å². The van der Waals surface area contributed by atoms with E-state index in [1.165, 1.54) is 6.07 Å². The molecular formula is C13H16N4O2S. The molecule has 2 aromatic heterocycles. The maximum Gasteiger partial charge on any atom is 0.290 e. The highest BCUT2D eigenvalue weighted by Gasteiger charge is 2.16. The zero-order chi connectivity index (χ0) is 14.9. The first-order valence-electron chi connectivity index (χ1n) is 6.21. The molecule has 6 nitrogen and oxygen atoms in total. The summed E-state index contributed by atoms with van der Waals surface area (Å²) in [5, 5.41) is 15.0. The molecule has 106 valence electrons. The summed E-state index contributed by atoms with van der Waals surface area (Å²) >= 11 is 1.64. The Morgan fingerprint density at radius 3 is 2.45 bits per heavy atom. The first-order chi connectivity index (χ1) is 9.38. The van der Waals surface area contributed by atoms with Crippen molar-refractivity contribution in [2.45, 2.75) is 33.7 Å². The van der Waals surface area contributed by atoms with E-state index in [1.807, 2.05) is 20.8 Å². The first kappa shape index (κ1) is 14.4. The fraction of sp³-hybridized carbons (Fsp3) is 0.385. The van der Waals surface area contributed by atoms with Gasteiger partial charge in [0.1, 0.15) is 11.5 Å². The van der Waals surface area contributed by atoms with Gasteiger partial charge in [-0.2, -0.15) is 0 Å². The number of aromatic nitrogens is 2. The lowest BCUT2D eigenvalue weighted by Crippen LogP contribution is -2.08. The van der Waals surface area contributed by atoms with Gasteiger partial charge in [0.25, 0.3) is 5.69 Å². The quantitative estimate of drug-likeness (QED) is 0.688. The van der Waals surface area contributed by atoms with Gasteiger partial charge >= 0.3 is 0 Å². The molecule has 1 atom stereocenters. The number of aryl methyl sites for hydroxylation is 3. The summed E-state index contributed by atoms with van der Waals surface area (Å²) < 4.78 is 0. The third kappa shape index (κ3) is 2.93. The molecule has 2 aromatic rings. The monoisotopic (exact) mass is 292 g/mol. The highest BCUT2D eigenvalue weighted by Crippen LogP contribution is 2.27. The Hall–Kier alpha value is -2.02. The zero-order valence-electron chi connectivity index (χ0n) is 11.8. The number of nitrogens with one attached hydrogen (secondary N) is 1. The Bertz CT molecular complexity index is 654. The minimum Gasteiger partial charge on any atom is -0.363 e. The summed E-state index contributed by atoms with van der Waals surface area (Å²) in [6.45, 7) is 7.61. The average molecular weight is 292 g/mol. The molecule has 0 aliphatic heterocycles. The van der Waals surface area contributed by atoms with Crippen LogP contribution in [0.1, 0.15) is 34.2 Å². The fourth-order valence-corrected chi connectivity index (χ4v) is 2.99. The molecule has 0 amide bonds. The van der Waals surface area contributed by atoms with E-state index in [2.05, 4.69) is 15.3 Å². The van der Waals surface area contributed by atoms with Crippen molar-refractivity contribution in [2.24, 2.45) is 0 Å². The summed E-state index contributed by atoms with van der Waals surface area (Å²) in [6.07, 6.45) is 0. The second kappa shape index (κ2) is 5.54. The van der Waals surface area contributed by atoms with Gasteiger partial charge in [-0.15, -0.1) is 11.3 Å². The maximum absolute atomic E-state index is 10.8. The molecule has 0 aromatic carbocycles. The van der Waals surface area contributed by atoms with Crippen molar-refractivity contribution in [3.05, 3.63) is 43.5 Å². The van der Waals surface area contributed by atoms with Crippen molar-refractivity contribution < 1.29 is 4.92 Å². The molecule has 0 spiro atoms. The third-order valence-electron chi connectivity index (χ3n) is 2.95. The summed E-state index contributed by atoms with van der Waals surface area (Å²) in [6, 6.07) is 3.17. The normalized spacial score (nSPS) is 12.2. The Labute approximate surface area is 121 Å². The van der Waals surface area contributed by atoms with Crippen LogP contribution < -0.4 is 5.32 Å². The third-order valence-corrected chi connectivity index (χ3v) is 4.21. The van der Waals surface area contributed by atoms with Crippen LogP contribution >= 0.6 is 11.3 Å². The Morgan fingerprint density at radius 1 is 1.25 bits per heavy atom. The number of thiazole rings is 1. The van der Waals surface area contributed by atoms with Crippen molar-refractivity contribution in [2.75, 3.05) is 5.32 Å². The van der Waals surface area contributed by atoms with Crippen LogP contribution in [0.5, 0.6) is 0 Å². The second-order valence-corrected chi connectivity index (χ2v) is 5.84. The number of nitro groups is 1. The molecular weight excluding hydrogens is 276 g/mol. The maximum atomic E-state index is 10.8. The smallest absolute Gasteiger partial charge is 0.290 e. The van der Waals surface area contributed by atoms with Gasteiger partial charge in [0, 0.05) is 10.9 Å². The van der Waals surface area contributed by atoms with Gasteiger partial charge in [-0.05, 0) is 33.8 Å². The molecule has 0 aliphatic rings. The summed E-state index contributed by atoms with van der Waals surface area (Å²) in [7, 11) is 0. The van der Waals surface area contributed by atoms with E-state index in [4.69, 9.17) is 0 Å². The molecule has 0 bridgehead atoms. The average Bonchev–Trinajstić information content (AvgIpc) is 2.68. The van der Waals surface area contributed by atoms with Crippen molar-refractivity contribution in [1.82, 2.24) is 9.97 Å². The molecule has 2 heterocycles. The highest BCUT2D eigenvalue weighted by atomic mass is 32.1. The van der Waals surface area contributed by atoms with Crippen molar-refractivity contribution >= 4 is 22.8 Å². The van der Waals surface area contributed by atoms with E-state index in [1.54, 1.807) is 24.3 Å². The second-order valence-electron chi connectivity index (χ2n) is 4.61. The molecule has 0 aliphatic carbocycles. The van der Waals surface area contributed by atoms with Crippen LogP contribution in [0.4, 0.5) is 11.5 Å². The van der Waals surface area contributed by atoms with Gasteiger partial charge < -0.3 is 5.32 Å². The number of nitrogens with zero attached hydrogens (tertiary/aromatic N) is 3. The van der Waals surface area contributed by atoms with Crippen LogP contribution in [0.25, 0.3) is 0 Å². The van der Waals surface area contributed by atoms with Gasteiger partial charge in [0.2, 0.25) is 0 Å². The van der Waals surface area contributed by atoms with Gasteiger partial charge in [0.15, 0.2) is 0 Å². The standard InChI is InChI=1S/C13H16N4O2S/c1-7-11(17(18)19)5-6-12(15-7)16-9(3)13-8(2)14-10(4)20-13/h5-6,9H,1-4H3,(H,15,16). The van der Waals surface area contributed by atoms with E-state index in [9.17, 15) is 10.1 Å². The van der Waals surface area contributed by atoms with E-state index in [0.29, 0.717) is 11.5 Å². The highest BCUT2D eigenvalue weighted by molar-refractivity contribution is 7.11. The number of anilines is 1. The van der Waals surface area contributed by atoms with E-state index in [-0.39, 0.29) is 11.7 Å². The molecule has 1 N–H and O–H groups in total. The van der Waals surface area contributed by atoms with Gasteiger partial charge in [-0.3, -0.25) is 10.1 Å². The molecule has 1 unspecified atom stereocenters. The minimum atomic E-state index is -0.424. The largest absolute Gasteiger partial charge is 0.363 e. The van der Waals surface area contributed by atoms with Crippen molar-refractivity contribution in [3.63, 3.8) is 0 Å². The molecule has 2 rings (SSSR count). The predicted octanol–water partition coefficient (Wildman–Crippen LogP) is 3.54. The minimum absolute atomic E-state index is 0.0352. The molecule has 0 saturated heterocycles. The fourth-order valence-electron chi connectivity index (χ4n) is 2.06. The van der Waals surface area contributed by atoms with Crippen LogP contribution in [-0.4, -0.2) is 14.9 Å². The van der Waals surface area contributed by atoms with Gasteiger partial charge in [-0.1, -0.05) is 0 Å². The van der Waals surface area contributed by atoms with Crippen LogP contribution in [-0.2, 0) is 0 Å². The van der Waals surface area contributed by atoms with Crippen LogP contribution in [0, 0.1) is 30.9 Å². The Balaban J connectivity index is 2.20. The van der Waals surface area contributed by atoms with Crippen LogP contribution in [0.15, 0.2) is 12.1 Å². The number of hydrogen-bond donors (Lipinski definition) is 1. The van der Waals surface area contributed by atoms with E-state index < -0.39 is 4.92 Å². The van der Waals surface area contributed by atoms with Crippen molar-refractivity contribution in [1.29, 1.82) is 0 Å². The predicted molar refractivity (Wildman–Crippen MR) is 79.3 cm³/mol. The van der Waals surface area contributed by atoms with Gasteiger partial charge in [0.05, 0.1) is 21.7 Å². The van der Waals surface area contributed by atoms with Crippen LogP contribution in [0.3, 0.4) is 0 Å². The number of pyridine rings is 1. The topological polar surface area (TPSA) is 81.0 Å². The summed E-state index contributed by atoms with van der Waals surface area (Å²) in [4.78, 5) is 20.1. The first-order valence-corrected chi connectivity index (χ1v) is 7.02. The number of hydrogen-bond acceptors (Lipinski definition) is 6. The summed E-state index contributed by atoms with van der Waals surface area (Å²) in [5.41, 5.74) is 1.45. The van der Waals surface area contributed by atoms with E-state index in [0.717, 1.165) is 15.6 Å². The molecule has 7 heteroatoms. The van der Waals surface area contributed by atoms with Crippen molar-refractivity contribution in [3.8, 4) is 0 Å². The lowest BCUT2D eigenvalue weighted by molar-refractivity contribution is -0.385. The lowest BCUT2D eigenvalue weighted by Gasteiger charge is -2.13. The molecule has 0 radical (unpaired) electrons. The van der Waals surface area contributed by atoms with E-state index >= 15 is 0 Å². The Morgan fingerprint density at radius 2 is 1.95 bits per heavy atom. The zero-order valence-corrected chi connectivity index (χ0v) is 12.6. The lowest BCUT2D eigenvalue weighted by atomic mass is 10.2. The Kier molecular flexibility index (Phi) is 3.99.